The molecule has 0 saturated carbocycles. The first-order chi connectivity index (χ1) is 17.0. The van der Waals surface area contributed by atoms with Crippen LogP contribution in [-0.4, -0.2) is 23.6 Å². The van der Waals surface area contributed by atoms with Crippen LogP contribution in [0.1, 0.15) is 16.7 Å². The summed E-state index contributed by atoms with van der Waals surface area (Å²) in [4.78, 5) is 28.1. The Kier molecular flexibility index (Phi) is 8.06. The highest BCUT2D eigenvalue weighted by atomic mass is 79.9. The first-order valence-electron chi connectivity index (χ1n) is 11.2. The highest BCUT2D eigenvalue weighted by Gasteiger charge is 2.40. The Morgan fingerprint density at radius 3 is 2.37 bits per heavy atom. The summed E-state index contributed by atoms with van der Waals surface area (Å²) in [5, 5.41) is 12.7. The summed E-state index contributed by atoms with van der Waals surface area (Å²) in [6.07, 6.45) is 1.16. The Balaban J connectivity index is 1.61. The number of hydrogen-bond donors (Lipinski definition) is 1. The van der Waals surface area contributed by atoms with E-state index in [1.165, 1.54) is 16.7 Å². The number of nitrogens with zero attached hydrogens (tertiary/aromatic N) is 2. The lowest BCUT2D eigenvalue weighted by molar-refractivity contribution is -0.117. The van der Waals surface area contributed by atoms with Crippen LogP contribution >= 0.6 is 27.7 Å². The van der Waals surface area contributed by atoms with Crippen molar-refractivity contribution >= 4 is 45.2 Å². The number of rotatable bonds is 7. The van der Waals surface area contributed by atoms with Crippen molar-refractivity contribution in [1.82, 2.24) is 5.32 Å². The van der Waals surface area contributed by atoms with Crippen molar-refractivity contribution < 1.29 is 9.59 Å². The van der Waals surface area contributed by atoms with Crippen LogP contribution in [0, 0.1) is 18.3 Å². The Morgan fingerprint density at radius 1 is 1.03 bits per heavy atom. The second kappa shape index (κ2) is 11.4. The van der Waals surface area contributed by atoms with Crippen LogP contribution in [0.5, 0.6) is 0 Å². The number of carbonyl (C=O) groups is 2. The number of benzene rings is 3. The second-order valence-corrected chi connectivity index (χ2v) is 10.3. The van der Waals surface area contributed by atoms with E-state index < -0.39 is 11.2 Å². The molecular formula is C28H24BrN3O2S. The molecule has 1 atom stereocenters. The SMILES string of the molecule is Cc1ccc(C[C@H]2S/C(=C(/C#N)C(=O)NCCc3ccccc3)N(c3ccc(Br)cc3)C2=O)cc1. The normalized spacial score (nSPS) is 16.7. The van der Waals surface area contributed by atoms with E-state index in [0.29, 0.717) is 30.1 Å². The van der Waals surface area contributed by atoms with E-state index in [-0.39, 0.29) is 11.5 Å². The summed E-state index contributed by atoms with van der Waals surface area (Å²) in [5.74, 6) is -0.616. The van der Waals surface area contributed by atoms with E-state index in [0.717, 1.165) is 21.2 Å². The van der Waals surface area contributed by atoms with Crippen molar-refractivity contribution in [1.29, 1.82) is 5.26 Å². The molecule has 2 amide bonds. The molecule has 3 aromatic carbocycles. The van der Waals surface area contributed by atoms with Gasteiger partial charge in [0.25, 0.3) is 5.91 Å². The number of hydrogen-bond acceptors (Lipinski definition) is 4. The molecule has 176 valence electrons. The van der Waals surface area contributed by atoms with Gasteiger partial charge in [0.2, 0.25) is 5.91 Å². The number of nitriles is 1. The van der Waals surface area contributed by atoms with Gasteiger partial charge in [0.15, 0.2) is 0 Å². The smallest absolute Gasteiger partial charge is 0.264 e. The predicted molar refractivity (Wildman–Crippen MR) is 144 cm³/mol. The summed E-state index contributed by atoms with van der Waals surface area (Å²) in [7, 11) is 0. The van der Waals surface area contributed by atoms with Crippen LogP contribution < -0.4 is 10.2 Å². The Bertz CT molecular complexity index is 1280. The van der Waals surface area contributed by atoms with Crippen LogP contribution in [0.15, 0.2) is 93.9 Å². The number of anilines is 1. The van der Waals surface area contributed by atoms with Gasteiger partial charge in [0.1, 0.15) is 16.7 Å². The minimum Gasteiger partial charge on any atom is -0.351 e. The molecular weight excluding hydrogens is 522 g/mol. The summed E-state index contributed by atoms with van der Waals surface area (Å²) in [6, 6.07) is 27.2. The zero-order valence-electron chi connectivity index (χ0n) is 19.2. The van der Waals surface area contributed by atoms with Gasteiger partial charge in [-0.05, 0) is 55.2 Å². The average Bonchev–Trinajstić information content (AvgIpc) is 3.17. The van der Waals surface area contributed by atoms with Gasteiger partial charge in [-0.2, -0.15) is 5.26 Å². The zero-order chi connectivity index (χ0) is 24.8. The number of aryl methyl sites for hydroxylation is 1. The highest BCUT2D eigenvalue weighted by molar-refractivity contribution is 9.10. The second-order valence-electron chi connectivity index (χ2n) is 8.23. The molecule has 0 unspecified atom stereocenters. The molecule has 1 aliphatic rings. The van der Waals surface area contributed by atoms with Gasteiger partial charge in [0, 0.05) is 16.7 Å². The Hall–Kier alpha value is -3.34. The van der Waals surface area contributed by atoms with Crippen molar-refractivity contribution in [2.75, 3.05) is 11.4 Å². The van der Waals surface area contributed by atoms with Crippen LogP contribution in [-0.2, 0) is 22.4 Å². The summed E-state index contributed by atoms with van der Waals surface area (Å²) in [5.41, 5.74) is 3.85. The minimum atomic E-state index is -0.475. The van der Waals surface area contributed by atoms with Crippen LogP contribution in [0.4, 0.5) is 5.69 Å². The lowest BCUT2D eigenvalue weighted by Crippen LogP contribution is -2.32. The molecule has 0 spiro atoms. The third-order valence-electron chi connectivity index (χ3n) is 5.67. The van der Waals surface area contributed by atoms with E-state index >= 15 is 0 Å². The maximum Gasteiger partial charge on any atom is 0.264 e. The molecule has 1 fully saturated rings. The van der Waals surface area contributed by atoms with Crippen molar-refractivity contribution in [3.63, 3.8) is 0 Å². The molecule has 0 radical (unpaired) electrons. The summed E-state index contributed by atoms with van der Waals surface area (Å²) < 4.78 is 0.876. The number of thioether (sulfide) groups is 1. The molecule has 3 aromatic rings. The fourth-order valence-corrected chi connectivity index (χ4v) is 5.38. The molecule has 1 N–H and O–H groups in total. The van der Waals surface area contributed by atoms with Crippen molar-refractivity contribution in [2.24, 2.45) is 0 Å². The minimum absolute atomic E-state index is 0.0502. The molecule has 0 aromatic heterocycles. The molecule has 0 aliphatic carbocycles. The van der Waals surface area contributed by atoms with Crippen LogP contribution in [0.3, 0.4) is 0 Å². The first kappa shape index (κ1) is 24.8. The molecule has 7 heteroatoms. The van der Waals surface area contributed by atoms with Crippen molar-refractivity contribution in [3.8, 4) is 6.07 Å². The molecule has 4 rings (SSSR count). The van der Waals surface area contributed by atoms with Gasteiger partial charge in [-0.15, -0.1) is 0 Å². The van der Waals surface area contributed by atoms with Gasteiger partial charge in [-0.3, -0.25) is 14.5 Å². The van der Waals surface area contributed by atoms with Gasteiger partial charge >= 0.3 is 0 Å². The largest absolute Gasteiger partial charge is 0.351 e. The summed E-state index contributed by atoms with van der Waals surface area (Å²) >= 11 is 4.70. The van der Waals surface area contributed by atoms with Crippen molar-refractivity contribution in [3.05, 3.63) is 111 Å². The third-order valence-corrected chi connectivity index (χ3v) is 7.47. The fraction of sp³-hybridized carbons (Fsp3) is 0.179. The van der Waals surface area contributed by atoms with E-state index in [1.54, 1.807) is 12.1 Å². The first-order valence-corrected chi connectivity index (χ1v) is 12.9. The molecule has 1 aliphatic heterocycles. The number of carbonyl (C=O) groups excluding carboxylic acids is 2. The Morgan fingerprint density at radius 2 is 1.71 bits per heavy atom. The van der Waals surface area contributed by atoms with E-state index in [4.69, 9.17) is 0 Å². The van der Waals surface area contributed by atoms with Gasteiger partial charge < -0.3 is 5.32 Å². The van der Waals surface area contributed by atoms with Crippen LogP contribution in [0.2, 0.25) is 0 Å². The molecule has 1 saturated heterocycles. The lowest BCUT2D eigenvalue weighted by Gasteiger charge is -2.19. The standard InChI is InChI=1S/C28H24BrN3O2S/c1-19-7-9-21(10-8-19)17-25-27(34)32(23-13-11-22(29)12-14-23)28(35-25)24(18-30)26(33)31-16-15-20-5-3-2-4-6-20/h2-14,25H,15-17H2,1H3,(H,31,33)/b28-24-/t25-/m1/s1. The zero-order valence-corrected chi connectivity index (χ0v) is 21.6. The van der Waals surface area contributed by atoms with Gasteiger partial charge in [-0.1, -0.05) is 87.9 Å². The molecule has 35 heavy (non-hydrogen) atoms. The molecule has 1 heterocycles. The predicted octanol–water partition coefficient (Wildman–Crippen LogP) is 5.54. The maximum atomic E-state index is 13.5. The number of halogens is 1. The van der Waals surface area contributed by atoms with Crippen molar-refractivity contribution in [2.45, 2.75) is 25.0 Å². The monoisotopic (exact) mass is 545 g/mol. The Labute approximate surface area is 218 Å². The van der Waals surface area contributed by atoms with Crippen LogP contribution in [0.25, 0.3) is 0 Å². The topological polar surface area (TPSA) is 73.2 Å². The van der Waals surface area contributed by atoms with E-state index in [2.05, 4.69) is 27.3 Å². The van der Waals surface area contributed by atoms with Gasteiger partial charge in [-0.25, -0.2) is 0 Å². The molecule has 0 bridgehead atoms. The number of nitrogens with one attached hydrogen (secondary N) is 1. The van der Waals surface area contributed by atoms with Gasteiger partial charge in [0.05, 0.1) is 5.25 Å². The highest BCUT2D eigenvalue weighted by Crippen LogP contribution is 2.42. The maximum absolute atomic E-state index is 13.5. The number of amides is 2. The average molecular weight is 546 g/mol. The lowest BCUT2D eigenvalue weighted by atomic mass is 10.1. The summed E-state index contributed by atoms with van der Waals surface area (Å²) in [6.45, 7) is 2.41. The molecule has 5 nitrogen and oxygen atoms in total. The third kappa shape index (κ3) is 6.02. The van der Waals surface area contributed by atoms with E-state index in [1.807, 2.05) is 73.7 Å². The van der Waals surface area contributed by atoms with E-state index in [9.17, 15) is 14.9 Å². The quantitative estimate of drug-likeness (QED) is 0.312. The fourth-order valence-electron chi connectivity index (χ4n) is 3.80.